The van der Waals surface area contributed by atoms with Gasteiger partial charge in [-0.15, -0.1) is 0 Å². The molecule has 0 heterocycles. The molecule has 2 rings (SSSR count). The SMILES string of the molecule is CCOc1ccc(/C=C/C(=O)NCC(=O)Nc2ccccc2Br)cc1. The fourth-order valence-electron chi connectivity index (χ4n) is 2.00. The van der Waals surface area contributed by atoms with Crippen LogP contribution in [0.2, 0.25) is 0 Å². The van der Waals surface area contributed by atoms with E-state index in [0.717, 1.165) is 15.8 Å². The van der Waals surface area contributed by atoms with Gasteiger partial charge in [-0.25, -0.2) is 0 Å². The Bertz CT molecular complexity index is 758. The van der Waals surface area contributed by atoms with Gasteiger partial charge in [0.05, 0.1) is 18.8 Å². The Hall–Kier alpha value is -2.60. The highest BCUT2D eigenvalue weighted by Gasteiger charge is 2.06. The number of nitrogens with one attached hydrogen (secondary N) is 2. The van der Waals surface area contributed by atoms with Crippen molar-refractivity contribution in [2.75, 3.05) is 18.5 Å². The molecule has 0 aromatic heterocycles. The maximum absolute atomic E-state index is 11.9. The lowest BCUT2D eigenvalue weighted by molar-refractivity contribution is -0.121. The zero-order chi connectivity index (χ0) is 18.1. The minimum Gasteiger partial charge on any atom is -0.494 e. The second-order valence-corrected chi connectivity index (χ2v) is 5.94. The highest BCUT2D eigenvalue weighted by atomic mass is 79.9. The minimum absolute atomic E-state index is 0.103. The van der Waals surface area contributed by atoms with Crippen molar-refractivity contribution < 1.29 is 14.3 Å². The third kappa shape index (κ3) is 6.43. The van der Waals surface area contributed by atoms with Gasteiger partial charge in [0.15, 0.2) is 0 Å². The van der Waals surface area contributed by atoms with Gasteiger partial charge in [0, 0.05) is 10.5 Å². The lowest BCUT2D eigenvalue weighted by Crippen LogP contribution is -2.31. The molecule has 0 spiro atoms. The number of hydrogen-bond donors (Lipinski definition) is 2. The second kappa shape index (κ2) is 9.64. The maximum Gasteiger partial charge on any atom is 0.244 e. The molecule has 0 fully saturated rings. The smallest absolute Gasteiger partial charge is 0.244 e. The largest absolute Gasteiger partial charge is 0.494 e. The van der Waals surface area contributed by atoms with Crippen molar-refractivity contribution in [3.05, 3.63) is 64.6 Å². The average molecular weight is 403 g/mol. The summed E-state index contributed by atoms with van der Waals surface area (Å²) in [4.78, 5) is 23.7. The summed E-state index contributed by atoms with van der Waals surface area (Å²) < 4.78 is 6.14. The first-order chi connectivity index (χ1) is 12.1. The van der Waals surface area contributed by atoms with E-state index in [0.29, 0.717) is 12.3 Å². The van der Waals surface area contributed by atoms with Crippen LogP contribution in [0.5, 0.6) is 5.75 Å². The van der Waals surface area contributed by atoms with Gasteiger partial charge < -0.3 is 15.4 Å². The molecular weight excluding hydrogens is 384 g/mol. The Morgan fingerprint density at radius 3 is 2.52 bits per heavy atom. The molecule has 0 radical (unpaired) electrons. The summed E-state index contributed by atoms with van der Waals surface area (Å²) in [7, 11) is 0. The summed E-state index contributed by atoms with van der Waals surface area (Å²) >= 11 is 3.35. The van der Waals surface area contributed by atoms with Gasteiger partial charge >= 0.3 is 0 Å². The monoisotopic (exact) mass is 402 g/mol. The standard InChI is InChI=1S/C19H19BrN2O3/c1-2-25-15-10-7-14(8-11-15)9-12-18(23)21-13-19(24)22-17-6-4-3-5-16(17)20/h3-12H,2,13H2,1H3,(H,21,23)(H,22,24)/b12-9+. The Morgan fingerprint density at radius 2 is 1.84 bits per heavy atom. The lowest BCUT2D eigenvalue weighted by Gasteiger charge is -2.07. The van der Waals surface area contributed by atoms with Crippen LogP contribution in [0.15, 0.2) is 59.1 Å². The molecule has 0 unspecified atom stereocenters. The summed E-state index contributed by atoms with van der Waals surface area (Å²) in [6.07, 6.45) is 3.07. The van der Waals surface area contributed by atoms with Crippen LogP contribution in [-0.2, 0) is 9.59 Å². The third-order valence-electron chi connectivity index (χ3n) is 3.19. The van der Waals surface area contributed by atoms with Crippen molar-refractivity contribution in [1.29, 1.82) is 0 Å². The topological polar surface area (TPSA) is 67.4 Å². The summed E-state index contributed by atoms with van der Waals surface area (Å²) in [6, 6.07) is 14.7. The first-order valence-electron chi connectivity index (χ1n) is 7.81. The number of anilines is 1. The van der Waals surface area contributed by atoms with E-state index >= 15 is 0 Å². The molecule has 2 aromatic rings. The molecule has 0 aliphatic rings. The van der Waals surface area contributed by atoms with E-state index < -0.39 is 0 Å². The predicted molar refractivity (Wildman–Crippen MR) is 102 cm³/mol. The number of para-hydroxylation sites is 1. The molecule has 0 atom stereocenters. The quantitative estimate of drug-likeness (QED) is 0.694. The van der Waals surface area contributed by atoms with Gasteiger partial charge in [0.25, 0.3) is 0 Å². The molecule has 0 bridgehead atoms. The van der Waals surface area contributed by atoms with Crippen LogP contribution in [0.1, 0.15) is 12.5 Å². The van der Waals surface area contributed by atoms with Crippen molar-refractivity contribution in [3.63, 3.8) is 0 Å². The first-order valence-corrected chi connectivity index (χ1v) is 8.61. The number of rotatable bonds is 7. The number of carbonyl (C=O) groups excluding carboxylic acids is 2. The molecule has 6 heteroatoms. The molecule has 130 valence electrons. The molecule has 2 N–H and O–H groups in total. The Balaban J connectivity index is 1.79. The number of carbonyl (C=O) groups is 2. The van der Waals surface area contributed by atoms with Crippen LogP contribution in [0, 0.1) is 0 Å². The van der Waals surface area contributed by atoms with E-state index in [4.69, 9.17) is 4.74 Å². The molecule has 0 saturated heterocycles. The van der Waals surface area contributed by atoms with E-state index in [1.807, 2.05) is 49.4 Å². The number of benzene rings is 2. The van der Waals surface area contributed by atoms with Crippen LogP contribution in [0.25, 0.3) is 6.08 Å². The highest BCUT2D eigenvalue weighted by Crippen LogP contribution is 2.20. The first kappa shape index (κ1) is 18.7. The van der Waals surface area contributed by atoms with Crippen molar-refractivity contribution in [3.8, 4) is 5.75 Å². The lowest BCUT2D eigenvalue weighted by atomic mass is 10.2. The van der Waals surface area contributed by atoms with Gasteiger partial charge in [-0.05, 0) is 58.8 Å². The van der Waals surface area contributed by atoms with Crippen LogP contribution < -0.4 is 15.4 Å². The number of hydrogen-bond acceptors (Lipinski definition) is 3. The molecule has 25 heavy (non-hydrogen) atoms. The third-order valence-corrected chi connectivity index (χ3v) is 3.88. The van der Waals surface area contributed by atoms with E-state index in [1.165, 1.54) is 6.08 Å². The van der Waals surface area contributed by atoms with Crippen LogP contribution in [-0.4, -0.2) is 25.0 Å². The highest BCUT2D eigenvalue weighted by molar-refractivity contribution is 9.10. The molecular formula is C19H19BrN2O3. The second-order valence-electron chi connectivity index (χ2n) is 5.08. The molecule has 2 amide bonds. The summed E-state index contributed by atoms with van der Waals surface area (Å²) in [6.45, 7) is 2.43. The number of amides is 2. The van der Waals surface area contributed by atoms with Gasteiger partial charge in [-0.2, -0.15) is 0 Å². The van der Waals surface area contributed by atoms with Gasteiger partial charge in [0.2, 0.25) is 11.8 Å². The van der Waals surface area contributed by atoms with E-state index in [1.54, 1.807) is 12.1 Å². The Kier molecular flexibility index (Phi) is 7.22. The van der Waals surface area contributed by atoms with Gasteiger partial charge in [-0.1, -0.05) is 24.3 Å². The number of halogens is 1. The maximum atomic E-state index is 11.9. The zero-order valence-electron chi connectivity index (χ0n) is 13.8. The zero-order valence-corrected chi connectivity index (χ0v) is 15.4. The van der Waals surface area contributed by atoms with Gasteiger partial charge in [-0.3, -0.25) is 9.59 Å². The fourth-order valence-corrected chi connectivity index (χ4v) is 2.38. The number of ether oxygens (including phenoxy) is 1. The normalized spacial score (nSPS) is 10.5. The molecule has 0 aliphatic carbocycles. The predicted octanol–water partition coefficient (Wildman–Crippen LogP) is 3.62. The van der Waals surface area contributed by atoms with Crippen molar-refractivity contribution in [1.82, 2.24) is 5.32 Å². The summed E-state index contributed by atoms with van der Waals surface area (Å²) in [5, 5.41) is 5.27. The van der Waals surface area contributed by atoms with Crippen LogP contribution in [0.3, 0.4) is 0 Å². The Morgan fingerprint density at radius 1 is 1.12 bits per heavy atom. The minimum atomic E-state index is -0.337. The summed E-state index contributed by atoms with van der Waals surface area (Å²) in [5.74, 6) is 0.152. The average Bonchev–Trinajstić information content (AvgIpc) is 2.61. The molecule has 0 aliphatic heterocycles. The Labute approximate surface area is 155 Å². The molecule has 0 saturated carbocycles. The summed E-state index contributed by atoms with van der Waals surface area (Å²) in [5.41, 5.74) is 1.53. The fraction of sp³-hybridized carbons (Fsp3) is 0.158. The van der Waals surface area contributed by atoms with Crippen LogP contribution in [0.4, 0.5) is 5.69 Å². The van der Waals surface area contributed by atoms with Gasteiger partial charge in [0.1, 0.15) is 5.75 Å². The van der Waals surface area contributed by atoms with Crippen molar-refractivity contribution in [2.45, 2.75) is 6.92 Å². The van der Waals surface area contributed by atoms with Crippen molar-refractivity contribution in [2.24, 2.45) is 0 Å². The van der Waals surface area contributed by atoms with E-state index in [-0.39, 0.29) is 18.4 Å². The van der Waals surface area contributed by atoms with Crippen LogP contribution >= 0.6 is 15.9 Å². The van der Waals surface area contributed by atoms with E-state index in [9.17, 15) is 9.59 Å². The van der Waals surface area contributed by atoms with Crippen molar-refractivity contribution >= 4 is 39.5 Å². The van der Waals surface area contributed by atoms with E-state index in [2.05, 4.69) is 26.6 Å². The molecule has 5 nitrogen and oxygen atoms in total. The molecule has 2 aromatic carbocycles.